The Morgan fingerprint density at radius 1 is 0.909 bits per heavy atom. The molecule has 0 amide bonds. The maximum absolute atomic E-state index is 4.61. The predicted octanol–water partition coefficient (Wildman–Crippen LogP) is 6.08. The van der Waals surface area contributed by atoms with Gasteiger partial charge in [-0.25, -0.2) is 0 Å². The molecular formula is C17H39ClNPPtSe. The second-order valence-corrected chi connectivity index (χ2v) is 9.26. The molecule has 5 heteroatoms. The minimum absolute atomic E-state index is 0.422. The van der Waals surface area contributed by atoms with Crippen molar-refractivity contribution in [2.75, 3.05) is 32.6 Å². The second kappa shape index (κ2) is 25.1. The van der Waals surface area contributed by atoms with Gasteiger partial charge in [-0.15, -0.1) is 7.92 Å². The molecule has 0 spiro atoms. The fourth-order valence-corrected chi connectivity index (χ4v) is 5.22. The molecule has 0 unspecified atom stereocenters. The molecule has 0 bridgehead atoms. The molecule has 140 valence electrons. The van der Waals surface area contributed by atoms with E-state index in [2.05, 4.69) is 72.1 Å². The van der Waals surface area contributed by atoms with Crippen molar-refractivity contribution in [3.05, 3.63) is 0 Å². The Balaban J connectivity index is -0.000000339. The van der Waals surface area contributed by atoms with Crippen LogP contribution in [-0.4, -0.2) is 59.5 Å². The van der Waals surface area contributed by atoms with Gasteiger partial charge in [-0.2, -0.15) is 0 Å². The molecule has 0 aromatic carbocycles. The van der Waals surface area contributed by atoms with E-state index in [0.29, 0.717) is 14.0 Å². The average molecular weight is 598 g/mol. The molecule has 0 rings (SSSR count). The molecule has 0 saturated carbocycles. The van der Waals surface area contributed by atoms with Crippen LogP contribution < -0.4 is 0 Å². The van der Waals surface area contributed by atoms with Gasteiger partial charge in [0.25, 0.3) is 0 Å². The summed E-state index contributed by atoms with van der Waals surface area (Å²) in [4.78, 5) is 2.19. The average Bonchev–Trinajstić information content (AvgIpc) is 2.55. The molecule has 0 heterocycles. The quantitative estimate of drug-likeness (QED) is 0.206. The number of hydrogen-bond acceptors (Lipinski definition) is 1. The van der Waals surface area contributed by atoms with Crippen molar-refractivity contribution in [1.82, 2.24) is 4.90 Å². The van der Waals surface area contributed by atoms with E-state index >= 15 is 0 Å². The summed E-state index contributed by atoms with van der Waals surface area (Å²) in [5.41, 5.74) is 0. The fourth-order valence-electron chi connectivity index (χ4n) is 1.63. The third kappa shape index (κ3) is 24.1. The summed E-state index contributed by atoms with van der Waals surface area (Å²) in [6.45, 7) is 9.13. The van der Waals surface area contributed by atoms with Gasteiger partial charge >= 0.3 is 81.5 Å². The van der Waals surface area contributed by atoms with Crippen LogP contribution in [0.15, 0.2) is 0 Å². The summed E-state index contributed by atoms with van der Waals surface area (Å²) in [6, 6.07) is 0.681. The first kappa shape index (κ1) is 28.7. The predicted molar refractivity (Wildman–Crippen MR) is 106 cm³/mol. The van der Waals surface area contributed by atoms with Crippen molar-refractivity contribution in [3.63, 3.8) is 0 Å². The van der Waals surface area contributed by atoms with Crippen LogP contribution in [0.2, 0.25) is 5.32 Å². The number of rotatable bonds is 11. The SMILES string of the molecule is CCCCP(CCCC)CCCC.C[C@@H](C[Se])N(C)C.[Cl][Pt]. The minimum atomic E-state index is 0.422. The Bertz CT molecular complexity index is 169. The van der Waals surface area contributed by atoms with E-state index in [9.17, 15) is 0 Å². The van der Waals surface area contributed by atoms with Crippen molar-refractivity contribution >= 4 is 33.4 Å². The van der Waals surface area contributed by atoms with Gasteiger partial charge in [0, 0.05) is 0 Å². The second-order valence-electron chi connectivity index (χ2n) is 5.88. The summed E-state index contributed by atoms with van der Waals surface area (Å²) in [5, 5.41) is 1.12. The van der Waals surface area contributed by atoms with E-state index in [4.69, 9.17) is 0 Å². The molecule has 0 aromatic rings. The van der Waals surface area contributed by atoms with Gasteiger partial charge in [-0.1, -0.05) is 40.0 Å². The van der Waals surface area contributed by atoms with Gasteiger partial charge in [-0.05, 0) is 37.7 Å². The number of unbranched alkanes of at least 4 members (excludes halogenated alkanes) is 3. The first-order valence-corrected chi connectivity index (χ1v) is 14.5. The Morgan fingerprint density at radius 2 is 1.23 bits per heavy atom. The fraction of sp³-hybridized carbons (Fsp3) is 1.00. The molecule has 1 atom stereocenters. The number of hydrogen-bond donors (Lipinski definition) is 0. The van der Waals surface area contributed by atoms with Gasteiger partial charge in [0.1, 0.15) is 0 Å². The zero-order valence-corrected chi connectivity index (χ0v) is 21.3. The molecule has 0 aliphatic carbocycles. The molecule has 1 nitrogen and oxygen atoms in total. The zero-order chi connectivity index (χ0) is 17.8. The molecule has 0 aliphatic rings. The van der Waals surface area contributed by atoms with E-state index in [1.807, 2.05) is 0 Å². The van der Waals surface area contributed by atoms with Gasteiger partial charge in [-0.3, -0.25) is 0 Å². The van der Waals surface area contributed by atoms with Crippen LogP contribution in [0.4, 0.5) is 0 Å². The summed E-state index contributed by atoms with van der Waals surface area (Å²) in [5.74, 6) is 0. The monoisotopic (exact) mass is 598 g/mol. The molecule has 0 fully saturated rings. The van der Waals surface area contributed by atoms with Crippen LogP contribution in [0.5, 0.6) is 0 Å². The first-order chi connectivity index (χ1) is 10.5. The normalized spacial score (nSPS) is 11.6. The van der Waals surface area contributed by atoms with Crippen LogP contribution in [0.3, 0.4) is 0 Å². The third-order valence-corrected chi connectivity index (χ3v) is 7.46. The van der Waals surface area contributed by atoms with E-state index < -0.39 is 0 Å². The summed E-state index contributed by atoms with van der Waals surface area (Å²) in [7, 11) is 9.20. The summed E-state index contributed by atoms with van der Waals surface area (Å²) >= 11 is 4.59. The molecule has 0 N–H and O–H groups in total. The maximum atomic E-state index is 4.61. The van der Waals surface area contributed by atoms with E-state index in [1.54, 1.807) is 37.3 Å². The standard InChI is InChI=1S/C12H27P.C5H12NSe.ClH.Pt/c1-4-7-10-13(11-8-5-2)12-9-6-3;1-5(4-7)6(2)3;;/h4-12H2,1-3H3;5H,4H2,1-3H3;1H;/q;;;+1/p-1/t;5-;;/m.0../s1. The zero-order valence-electron chi connectivity index (χ0n) is 15.6. The third-order valence-electron chi connectivity index (χ3n) is 3.61. The van der Waals surface area contributed by atoms with Crippen molar-refractivity contribution < 1.29 is 18.8 Å². The molecule has 22 heavy (non-hydrogen) atoms. The van der Waals surface area contributed by atoms with Crippen LogP contribution in [0.1, 0.15) is 66.2 Å². The van der Waals surface area contributed by atoms with E-state index in [0.717, 1.165) is 5.32 Å². The Kier molecular flexibility index (Phi) is 32.8. The van der Waals surface area contributed by atoms with Gasteiger partial charge in [0.15, 0.2) is 0 Å². The van der Waals surface area contributed by atoms with E-state index in [-0.39, 0.29) is 0 Å². The Labute approximate surface area is 166 Å². The number of nitrogens with zero attached hydrogens (tertiary/aromatic N) is 1. The topological polar surface area (TPSA) is 3.24 Å². The Hall–Kier alpha value is 1.89. The number of halogens is 1. The van der Waals surface area contributed by atoms with E-state index in [1.165, 1.54) is 38.5 Å². The van der Waals surface area contributed by atoms with Crippen molar-refractivity contribution in [2.45, 2.75) is 77.6 Å². The van der Waals surface area contributed by atoms with Crippen LogP contribution in [0, 0.1) is 0 Å². The van der Waals surface area contributed by atoms with Crippen LogP contribution >= 0.6 is 17.3 Å². The molecular weight excluding hydrogens is 559 g/mol. The van der Waals surface area contributed by atoms with Gasteiger partial charge < -0.3 is 0 Å². The van der Waals surface area contributed by atoms with Gasteiger partial charge in [0.2, 0.25) is 0 Å². The summed E-state index contributed by atoms with van der Waals surface area (Å²) in [6.07, 6.45) is 13.2. The molecule has 0 aliphatic heterocycles. The van der Waals surface area contributed by atoms with Crippen molar-refractivity contribution in [1.29, 1.82) is 0 Å². The van der Waals surface area contributed by atoms with Crippen LogP contribution in [0.25, 0.3) is 0 Å². The van der Waals surface area contributed by atoms with Gasteiger partial charge in [0.05, 0.1) is 0 Å². The molecule has 0 saturated heterocycles. The molecule has 0 aromatic heterocycles. The molecule has 1 radical (unpaired) electrons. The van der Waals surface area contributed by atoms with Crippen molar-refractivity contribution in [3.8, 4) is 0 Å². The first-order valence-electron chi connectivity index (χ1n) is 8.62. The van der Waals surface area contributed by atoms with Crippen LogP contribution in [-0.2, 0) is 18.8 Å². The van der Waals surface area contributed by atoms with Crippen molar-refractivity contribution in [2.24, 2.45) is 0 Å². The summed E-state index contributed by atoms with van der Waals surface area (Å²) < 4.78 is 0. The Morgan fingerprint density at radius 3 is 1.36 bits per heavy atom.